The van der Waals surface area contributed by atoms with E-state index in [0.29, 0.717) is 6.61 Å². The van der Waals surface area contributed by atoms with Gasteiger partial charge in [-0.3, -0.25) is 0 Å². The summed E-state index contributed by atoms with van der Waals surface area (Å²) in [6, 6.07) is 0.593. The Morgan fingerprint density at radius 1 is 1.40 bits per heavy atom. The molecular weight excluding hydrogens is 221 g/mol. The van der Waals surface area contributed by atoms with E-state index in [1.807, 2.05) is 0 Å². The zero-order valence-corrected chi connectivity index (χ0v) is 9.94. The van der Waals surface area contributed by atoms with Crippen LogP contribution in [0.25, 0.3) is 0 Å². The van der Waals surface area contributed by atoms with Crippen LogP contribution >= 0.6 is 0 Å². The van der Waals surface area contributed by atoms with Crippen LogP contribution in [0.2, 0.25) is 12.1 Å². The summed E-state index contributed by atoms with van der Waals surface area (Å²) in [4.78, 5) is 0. The van der Waals surface area contributed by atoms with Gasteiger partial charge in [0.05, 0.1) is 0 Å². The molecule has 1 heterocycles. The van der Waals surface area contributed by atoms with Crippen molar-refractivity contribution < 1.29 is 17.6 Å². The number of halogens is 3. The first-order valence-corrected chi connectivity index (χ1v) is 7.52. The topological polar surface area (TPSA) is 9.23 Å². The summed E-state index contributed by atoms with van der Waals surface area (Å²) >= 11 is 0. The molecule has 0 aromatic carbocycles. The molecule has 1 saturated heterocycles. The van der Waals surface area contributed by atoms with Gasteiger partial charge in [-0.15, -0.1) is 6.58 Å². The molecule has 1 rings (SSSR count). The van der Waals surface area contributed by atoms with Crippen molar-refractivity contribution in [2.45, 2.75) is 44.5 Å². The molecule has 1 fully saturated rings. The maximum atomic E-state index is 13.1. The largest absolute Gasteiger partial charge is 0.413 e. The van der Waals surface area contributed by atoms with Crippen LogP contribution in [0.4, 0.5) is 13.2 Å². The lowest BCUT2D eigenvalue weighted by molar-refractivity contribution is 0.0565. The van der Waals surface area contributed by atoms with Gasteiger partial charge in [-0.1, -0.05) is 11.6 Å². The van der Waals surface area contributed by atoms with Gasteiger partial charge in [0.2, 0.25) is 8.32 Å². The van der Waals surface area contributed by atoms with Crippen molar-refractivity contribution in [1.82, 2.24) is 0 Å². The van der Waals surface area contributed by atoms with E-state index in [0.717, 1.165) is 24.1 Å². The summed E-state index contributed by atoms with van der Waals surface area (Å²) in [6.45, 7) is 6.13. The minimum absolute atomic E-state index is 0.139. The van der Waals surface area contributed by atoms with E-state index in [-0.39, 0.29) is 6.04 Å². The van der Waals surface area contributed by atoms with Crippen molar-refractivity contribution in [3.05, 3.63) is 11.8 Å². The van der Waals surface area contributed by atoms with E-state index >= 15 is 0 Å². The fourth-order valence-corrected chi connectivity index (χ4v) is 5.58. The Bertz CT molecular complexity index is 227. The summed E-state index contributed by atoms with van der Waals surface area (Å²) in [5, 5.41) is 0.783. The van der Waals surface area contributed by atoms with Crippen LogP contribution in [-0.4, -0.2) is 27.5 Å². The standard InChI is InChI=1S/C10H17F3OSi/c1-8(2)15(6-4-3-5-14-15)7-9(11)10(12)13/h9-10H,1,3-7H2,2H3. The summed E-state index contributed by atoms with van der Waals surface area (Å²) in [5.41, 5.74) is 0. The molecule has 0 spiro atoms. The summed E-state index contributed by atoms with van der Waals surface area (Å²) in [7, 11) is -2.44. The zero-order chi connectivity index (χ0) is 11.5. The monoisotopic (exact) mass is 238 g/mol. The molecule has 0 radical (unpaired) electrons. The van der Waals surface area contributed by atoms with Crippen LogP contribution in [0.5, 0.6) is 0 Å². The molecule has 88 valence electrons. The first-order valence-electron chi connectivity index (χ1n) is 5.20. The molecule has 5 heteroatoms. The third kappa shape index (κ3) is 3.08. The number of alkyl halides is 3. The molecule has 1 aliphatic heterocycles. The Labute approximate surface area is 89.4 Å². The Morgan fingerprint density at radius 3 is 2.47 bits per heavy atom. The number of hydrogen-bond acceptors (Lipinski definition) is 1. The highest BCUT2D eigenvalue weighted by atomic mass is 28.4. The van der Waals surface area contributed by atoms with Crippen LogP contribution < -0.4 is 0 Å². The van der Waals surface area contributed by atoms with E-state index < -0.39 is 20.9 Å². The van der Waals surface area contributed by atoms with Gasteiger partial charge in [-0.2, -0.15) is 0 Å². The van der Waals surface area contributed by atoms with Crippen molar-refractivity contribution >= 4 is 8.32 Å². The highest BCUT2D eigenvalue weighted by Crippen LogP contribution is 2.34. The van der Waals surface area contributed by atoms with Crippen LogP contribution in [0.3, 0.4) is 0 Å². The van der Waals surface area contributed by atoms with E-state index in [1.54, 1.807) is 6.92 Å². The van der Waals surface area contributed by atoms with Gasteiger partial charge in [0, 0.05) is 12.7 Å². The molecule has 1 nitrogen and oxygen atoms in total. The maximum absolute atomic E-state index is 13.1. The average molecular weight is 238 g/mol. The highest BCUT2D eigenvalue weighted by molar-refractivity contribution is 6.80. The van der Waals surface area contributed by atoms with Gasteiger partial charge in [-0.25, -0.2) is 13.2 Å². The molecule has 2 unspecified atom stereocenters. The minimum Gasteiger partial charge on any atom is -0.413 e. The quantitative estimate of drug-likeness (QED) is 0.681. The highest BCUT2D eigenvalue weighted by Gasteiger charge is 2.42. The van der Waals surface area contributed by atoms with Crippen molar-refractivity contribution in [2.24, 2.45) is 0 Å². The predicted molar refractivity (Wildman–Crippen MR) is 56.3 cm³/mol. The third-order valence-corrected chi connectivity index (χ3v) is 7.45. The van der Waals surface area contributed by atoms with E-state index in [1.165, 1.54) is 0 Å². The maximum Gasteiger partial charge on any atom is 0.269 e. The molecular formula is C10H17F3OSi. The zero-order valence-electron chi connectivity index (χ0n) is 8.94. The lowest BCUT2D eigenvalue weighted by Crippen LogP contribution is -2.45. The Morgan fingerprint density at radius 2 is 2.07 bits per heavy atom. The van der Waals surface area contributed by atoms with Gasteiger partial charge in [0.15, 0.2) is 6.17 Å². The Hall–Kier alpha value is -0.293. The van der Waals surface area contributed by atoms with Crippen LogP contribution in [0.1, 0.15) is 19.8 Å². The van der Waals surface area contributed by atoms with E-state index in [2.05, 4.69) is 6.58 Å². The van der Waals surface area contributed by atoms with Gasteiger partial charge < -0.3 is 4.43 Å². The normalized spacial score (nSPS) is 29.1. The SMILES string of the molecule is C=C(C)[Si]1(CC(F)C(F)F)CCCCO1. The van der Waals surface area contributed by atoms with Crippen LogP contribution in [0.15, 0.2) is 11.8 Å². The molecule has 0 aromatic heterocycles. The van der Waals surface area contributed by atoms with Gasteiger partial charge in [0.25, 0.3) is 6.43 Å². The second-order valence-electron chi connectivity index (χ2n) is 4.13. The Balaban J connectivity index is 2.68. The molecule has 15 heavy (non-hydrogen) atoms. The molecule has 0 N–H and O–H groups in total. The first-order chi connectivity index (χ1) is 6.98. The van der Waals surface area contributed by atoms with Crippen molar-refractivity contribution in [2.75, 3.05) is 6.61 Å². The predicted octanol–water partition coefficient (Wildman–Crippen LogP) is 3.46. The number of allylic oxidation sites excluding steroid dienone is 1. The lowest BCUT2D eigenvalue weighted by Gasteiger charge is -2.36. The van der Waals surface area contributed by atoms with Crippen LogP contribution in [0, 0.1) is 0 Å². The van der Waals surface area contributed by atoms with E-state index in [9.17, 15) is 13.2 Å². The summed E-state index contributed by atoms with van der Waals surface area (Å²) in [5.74, 6) is 0. The lowest BCUT2D eigenvalue weighted by atomic mass is 10.4. The molecule has 0 saturated carbocycles. The second-order valence-corrected chi connectivity index (χ2v) is 8.17. The molecule has 0 aromatic rings. The van der Waals surface area contributed by atoms with Crippen LogP contribution in [-0.2, 0) is 4.43 Å². The average Bonchev–Trinajstić information content (AvgIpc) is 2.18. The fourth-order valence-electron chi connectivity index (χ4n) is 1.93. The first kappa shape index (κ1) is 12.8. The minimum atomic E-state index is -2.90. The third-order valence-electron chi connectivity index (χ3n) is 2.93. The fraction of sp³-hybridized carbons (Fsp3) is 0.800. The molecule has 0 amide bonds. The molecule has 0 bridgehead atoms. The van der Waals surface area contributed by atoms with Crippen molar-refractivity contribution in [1.29, 1.82) is 0 Å². The van der Waals surface area contributed by atoms with Crippen molar-refractivity contribution in [3.63, 3.8) is 0 Å². The van der Waals surface area contributed by atoms with E-state index in [4.69, 9.17) is 4.43 Å². The van der Waals surface area contributed by atoms with Crippen molar-refractivity contribution in [3.8, 4) is 0 Å². The Kier molecular flexibility index (Phi) is 4.40. The second kappa shape index (κ2) is 5.16. The molecule has 0 aliphatic carbocycles. The molecule has 2 atom stereocenters. The van der Waals surface area contributed by atoms with Gasteiger partial charge >= 0.3 is 0 Å². The molecule has 1 aliphatic rings. The summed E-state index contributed by atoms with van der Waals surface area (Å²) < 4.78 is 43.1. The number of hydrogen-bond donors (Lipinski definition) is 0. The smallest absolute Gasteiger partial charge is 0.269 e. The van der Waals surface area contributed by atoms with Gasteiger partial charge in [0.1, 0.15) is 0 Å². The van der Waals surface area contributed by atoms with Gasteiger partial charge in [-0.05, 0) is 19.4 Å². The number of rotatable bonds is 4. The summed E-state index contributed by atoms with van der Waals surface area (Å²) in [6.07, 6.45) is -3.09.